The highest BCUT2D eigenvalue weighted by Crippen LogP contribution is 2.26. The number of carbonyl (C=O) groups is 2. The van der Waals surface area contributed by atoms with Crippen LogP contribution in [0.25, 0.3) is 0 Å². The molecule has 1 N–H and O–H groups in total. The summed E-state index contributed by atoms with van der Waals surface area (Å²) in [5.74, 6) is 1.06. The Morgan fingerprint density at radius 3 is 2.64 bits per heavy atom. The van der Waals surface area contributed by atoms with E-state index >= 15 is 0 Å². The molecule has 0 atom stereocenters. The number of para-hydroxylation sites is 1. The molecule has 0 heterocycles. The summed E-state index contributed by atoms with van der Waals surface area (Å²) in [6.07, 6.45) is 3.12. The Labute approximate surface area is 131 Å². The summed E-state index contributed by atoms with van der Waals surface area (Å²) in [5, 5.41) is 2.92. The quantitative estimate of drug-likeness (QED) is 0.838. The first kappa shape index (κ1) is 16.3. The molecule has 0 aromatic heterocycles. The van der Waals surface area contributed by atoms with Gasteiger partial charge in [0, 0.05) is 38.0 Å². The van der Waals surface area contributed by atoms with Crippen molar-refractivity contribution in [1.29, 1.82) is 0 Å². The van der Waals surface area contributed by atoms with Gasteiger partial charge in [-0.15, -0.1) is 0 Å². The number of carbonyl (C=O) groups excluding carboxylic acids is 2. The standard InChI is InChI=1S/C17H24N2O3/c1-13(20)19(11-10-18-17(21)14-7-5-8-14)12-15-6-3-4-9-16(15)22-2/h3-4,6,9,14H,5,7-8,10-12H2,1-2H3,(H,18,21). The van der Waals surface area contributed by atoms with E-state index in [0.717, 1.165) is 30.6 Å². The lowest BCUT2D eigenvalue weighted by Gasteiger charge is -2.26. The third kappa shape index (κ3) is 4.23. The molecule has 0 saturated heterocycles. The van der Waals surface area contributed by atoms with E-state index < -0.39 is 0 Å². The Morgan fingerprint density at radius 2 is 2.05 bits per heavy atom. The summed E-state index contributed by atoms with van der Waals surface area (Å²) in [4.78, 5) is 25.3. The molecule has 1 aromatic carbocycles. The van der Waals surface area contributed by atoms with Crippen molar-refractivity contribution in [3.8, 4) is 5.75 Å². The molecule has 5 heteroatoms. The van der Waals surface area contributed by atoms with Crippen LogP contribution < -0.4 is 10.1 Å². The van der Waals surface area contributed by atoms with E-state index in [9.17, 15) is 9.59 Å². The van der Waals surface area contributed by atoms with Gasteiger partial charge < -0.3 is 15.0 Å². The second kappa shape index (κ2) is 7.82. The molecular formula is C17H24N2O3. The molecule has 0 aliphatic heterocycles. The summed E-state index contributed by atoms with van der Waals surface area (Å²) in [5.41, 5.74) is 0.963. The van der Waals surface area contributed by atoms with Gasteiger partial charge in [0.1, 0.15) is 5.75 Å². The Bertz CT molecular complexity index is 526. The molecule has 1 saturated carbocycles. The largest absolute Gasteiger partial charge is 0.496 e. The van der Waals surface area contributed by atoms with Gasteiger partial charge in [0.25, 0.3) is 0 Å². The Hall–Kier alpha value is -2.04. The highest BCUT2D eigenvalue weighted by Gasteiger charge is 2.24. The number of amides is 2. The highest BCUT2D eigenvalue weighted by molar-refractivity contribution is 5.79. The fourth-order valence-electron chi connectivity index (χ4n) is 2.52. The normalized spacial score (nSPS) is 14.1. The minimum Gasteiger partial charge on any atom is -0.496 e. The SMILES string of the molecule is COc1ccccc1CN(CCNC(=O)C1CCC1)C(C)=O. The number of hydrogen-bond acceptors (Lipinski definition) is 3. The lowest BCUT2D eigenvalue weighted by atomic mass is 9.85. The molecule has 1 aliphatic rings. The molecule has 2 rings (SSSR count). The average molecular weight is 304 g/mol. The minimum absolute atomic E-state index is 0.0104. The maximum atomic E-state index is 11.8. The van der Waals surface area contributed by atoms with Gasteiger partial charge in [-0.2, -0.15) is 0 Å². The molecule has 22 heavy (non-hydrogen) atoms. The van der Waals surface area contributed by atoms with E-state index in [2.05, 4.69) is 5.32 Å². The van der Waals surface area contributed by atoms with Gasteiger partial charge in [0.2, 0.25) is 11.8 Å². The van der Waals surface area contributed by atoms with Crippen LogP contribution in [0.3, 0.4) is 0 Å². The first-order valence-electron chi connectivity index (χ1n) is 7.77. The molecule has 0 spiro atoms. The zero-order valence-corrected chi connectivity index (χ0v) is 13.3. The van der Waals surface area contributed by atoms with Crippen molar-refractivity contribution in [2.24, 2.45) is 5.92 Å². The Kier molecular flexibility index (Phi) is 5.81. The molecule has 120 valence electrons. The fraction of sp³-hybridized carbons (Fsp3) is 0.529. The van der Waals surface area contributed by atoms with E-state index in [-0.39, 0.29) is 17.7 Å². The number of nitrogens with zero attached hydrogens (tertiary/aromatic N) is 1. The number of ether oxygens (including phenoxy) is 1. The molecule has 0 radical (unpaired) electrons. The highest BCUT2D eigenvalue weighted by atomic mass is 16.5. The van der Waals surface area contributed by atoms with Gasteiger partial charge in [-0.3, -0.25) is 9.59 Å². The van der Waals surface area contributed by atoms with Crippen molar-refractivity contribution in [2.75, 3.05) is 20.2 Å². The molecule has 1 aliphatic carbocycles. The molecule has 1 fully saturated rings. The lowest BCUT2D eigenvalue weighted by molar-refractivity contribution is -0.131. The molecule has 5 nitrogen and oxygen atoms in total. The van der Waals surface area contributed by atoms with Crippen molar-refractivity contribution in [1.82, 2.24) is 10.2 Å². The number of benzene rings is 1. The topological polar surface area (TPSA) is 58.6 Å². The summed E-state index contributed by atoms with van der Waals surface area (Å²) in [7, 11) is 1.62. The van der Waals surface area contributed by atoms with Crippen molar-refractivity contribution in [2.45, 2.75) is 32.7 Å². The van der Waals surface area contributed by atoms with Crippen molar-refractivity contribution in [3.63, 3.8) is 0 Å². The van der Waals surface area contributed by atoms with Gasteiger partial charge in [-0.05, 0) is 18.9 Å². The van der Waals surface area contributed by atoms with Gasteiger partial charge in [0.15, 0.2) is 0 Å². The van der Waals surface area contributed by atoms with Gasteiger partial charge in [-0.25, -0.2) is 0 Å². The second-order valence-electron chi connectivity index (χ2n) is 5.67. The van der Waals surface area contributed by atoms with E-state index in [1.165, 1.54) is 0 Å². The van der Waals surface area contributed by atoms with Crippen molar-refractivity contribution < 1.29 is 14.3 Å². The van der Waals surface area contributed by atoms with Crippen LogP contribution in [-0.2, 0) is 16.1 Å². The fourth-order valence-corrected chi connectivity index (χ4v) is 2.52. The molecular weight excluding hydrogens is 280 g/mol. The van der Waals surface area contributed by atoms with Gasteiger partial charge in [-0.1, -0.05) is 24.6 Å². The second-order valence-corrected chi connectivity index (χ2v) is 5.67. The minimum atomic E-state index is -0.0104. The summed E-state index contributed by atoms with van der Waals surface area (Å²) >= 11 is 0. The monoisotopic (exact) mass is 304 g/mol. The molecule has 0 unspecified atom stereocenters. The summed E-state index contributed by atoms with van der Waals surface area (Å²) < 4.78 is 5.31. The molecule has 2 amide bonds. The van der Waals surface area contributed by atoms with Crippen LogP contribution in [0.15, 0.2) is 24.3 Å². The van der Waals surface area contributed by atoms with E-state index in [1.54, 1.807) is 18.9 Å². The first-order chi connectivity index (χ1) is 10.6. The predicted molar refractivity (Wildman–Crippen MR) is 84.4 cm³/mol. The zero-order valence-electron chi connectivity index (χ0n) is 13.3. The number of methoxy groups -OCH3 is 1. The van der Waals surface area contributed by atoms with Crippen LogP contribution in [0.5, 0.6) is 5.75 Å². The van der Waals surface area contributed by atoms with E-state index in [0.29, 0.717) is 19.6 Å². The van der Waals surface area contributed by atoms with Crippen molar-refractivity contribution >= 4 is 11.8 Å². The summed E-state index contributed by atoms with van der Waals surface area (Å²) in [6.45, 7) is 3.03. The third-order valence-electron chi connectivity index (χ3n) is 4.16. The van der Waals surface area contributed by atoms with E-state index in [1.807, 2.05) is 24.3 Å². The van der Waals surface area contributed by atoms with Crippen LogP contribution in [0, 0.1) is 5.92 Å². The zero-order chi connectivity index (χ0) is 15.9. The average Bonchev–Trinajstić information content (AvgIpc) is 2.44. The van der Waals surface area contributed by atoms with Crippen LogP contribution >= 0.6 is 0 Å². The molecule has 0 bridgehead atoms. The predicted octanol–water partition coefficient (Wildman–Crippen LogP) is 1.96. The van der Waals surface area contributed by atoms with Gasteiger partial charge >= 0.3 is 0 Å². The third-order valence-corrected chi connectivity index (χ3v) is 4.16. The maximum Gasteiger partial charge on any atom is 0.223 e. The van der Waals surface area contributed by atoms with Crippen LogP contribution in [0.1, 0.15) is 31.7 Å². The first-order valence-corrected chi connectivity index (χ1v) is 7.77. The number of nitrogens with one attached hydrogen (secondary N) is 1. The Balaban J connectivity index is 1.86. The summed E-state index contributed by atoms with van der Waals surface area (Å²) in [6, 6.07) is 7.65. The van der Waals surface area contributed by atoms with Gasteiger partial charge in [0.05, 0.1) is 7.11 Å². The lowest BCUT2D eigenvalue weighted by Crippen LogP contribution is -2.40. The Morgan fingerprint density at radius 1 is 1.32 bits per heavy atom. The van der Waals surface area contributed by atoms with Crippen LogP contribution in [0.2, 0.25) is 0 Å². The maximum absolute atomic E-state index is 11.8. The number of rotatable bonds is 7. The van der Waals surface area contributed by atoms with Crippen LogP contribution in [-0.4, -0.2) is 36.9 Å². The van der Waals surface area contributed by atoms with Crippen LogP contribution in [0.4, 0.5) is 0 Å². The van der Waals surface area contributed by atoms with E-state index in [4.69, 9.17) is 4.74 Å². The smallest absolute Gasteiger partial charge is 0.223 e. The number of hydrogen-bond donors (Lipinski definition) is 1. The van der Waals surface area contributed by atoms with Crippen molar-refractivity contribution in [3.05, 3.63) is 29.8 Å². The molecule has 1 aromatic rings.